The van der Waals surface area contributed by atoms with Crippen LogP contribution in [0.4, 0.5) is 0 Å². The van der Waals surface area contributed by atoms with Crippen molar-refractivity contribution in [3.63, 3.8) is 0 Å². The molecular weight excluding hydrogens is 196 g/mol. The average Bonchev–Trinajstić information content (AvgIpc) is 2.10. The van der Waals surface area contributed by atoms with E-state index in [-0.39, 0.29) is 0 Å². The van der Waals surface area contributed by atoms with Crippen molar-refractivity contribution in [2.45, 2.75) is 60.3 Å². The molecule has 0 spiro atoms. The molecule has 1 aliphatic carbocycles. The van der Waals surface area contributed by atoms with Crippen molar-refractivity contribution in [2.75, 3.05) is 0 Å². The summed E-state index contributed by atoms with van der Waals surface area (Å²) in [6.45, 7) is 11.0. The molecule has 1 atom stereocenters. The highest BCUT2D eigenvalue weighted by molar-refractivity contribution is 5.78. The summed E-state index contributed by atoms with van der Waals surface area (Å²) < 4.78 is 0. The first-order chi connectivity index (χ1) is 7.31. The largest absolute Gasteiger partial charge is 0.300 e. The van der Waals surface area contributed by atoms with Gasteiger partial charge in [0.05, 0.1) is 0 Å². The van der Waals surface area contributed by atoms with Gasteiger partial charge < -0.3 is 0 Å². The number of Topliss-reactive ketones (excluding diaryl/α,β-unsaturated/α-hetero) is 1. The zero-order chi connectivity index (χ0) is 12.3. The van der Waals surface area contributed by atoms with Crippen LogP contribution in [-0.4, -0.2) is 5.78 Å². The highest BCUT2D eigenvalue weighted by Gasteiger charge is 2.32. The van der Waals surface area contributed by atoms with Gasteiger partial charge >= 0.3 is 0 Å². The topological polar surface area (TPSA) is 17.1 Å². The Kier molecular flexibility index (Phi) is 4.35. The summed E-state index contributed by atoms with van der Waals surface area (Å²) in [4.78, 5) is 11.9. The second-order valence-electron chi connectivity index (χ2n) is 6.49. The molecule has 92 valence electrons. The van der Waals surface area contributed by atoms with Crippen molar-refractivity contribution in [3.05, 3.63) is 11.6 Å². The van der Waals surface area contributed by atoms with Crippen molar-refractivity contribution in [1.82, 2.24) is 0 Å². The van der Waals surface area contributed by atoms with Crippen molar-refractivity contribution < 1.29 is 4.79 Å². The maximum Gasteiger partial charge on any atom is 0.133 e. The van der Waals surface area contributed by atoms with Crippen LogP contribution < -0.4 is 0 Å². The first-order valence-electron chi connectivity index (χ1n) is 6.48. The fraction of sp³-hybridized carbons (Fsp3) is 0.800. The van der Waals surface area contributed by atoms with E-state index in [1.807, 2.05) is 0 Å². The predicted octanol–water partition coefficient (Wildman–Crippen LogP) is 4.37. The van der Waals surface area contributed by atoms with E-state index >= 15 is 0 Å². The van der Waals surface area contributed by atoms with E-state index in [9.17, 15) is 4.79 Å². The molecular formula is C15H26O. The molecule has 16 heavy (non-hydrogen) atoms. The summed E-state index contributed by atoms with van der Waals surface area (Å²) in [6, 6.07) is 0. The van der Waals surface area contributed by atoms with E-state index in [0.717, 1.165) is 25.7 Å². The quantitative estimate of drug-likeness (QED) is 0.645. The summed E-state index contributed by atoms with van der Waals surface area (Å²) in [5.74, 6) is 1.49. The normalized spacial score (nSPS) is 24.4. The van der Waals surface area contributed by atoms with Crippen molar-refractivity contribution >= 4 is 5.78 Å². The number of allylic oxidation sites excluding steroid dienone is 2. The van der Waals surface area contributed by atoms with Gasteiger partial charge in [-0.05, 0) is 37.0 Å². The van der Waals surface area contributed by atoms with Crippen LogP contribution in [0, 0.1) is 17.3 Å². The fourth-order valence-corrected chi connectivity index (χ4v) is 2.51. The predicted molar refractivity (Wildman–Crippen MR) is 69.3 cm³/mol. The third kappa shape index (κ3) is 3.77. The van der Waals surface area contributed by atoms with Gasteiger partial charge in [0.1, 0.15) is 5.78 Å². The van der Waals surface area contributed by atoms with Gasteiger partial charge in [0.2, 0.25) is 0 Å². The lowest BCUT2D eigenvalue weighted by atomic mass is 9.67. The van der Waals surface area contributed by atoms with E-state index in [4.69, 9.17) is 0 Å². The molecule has 1 aliphatic rings. The Morgan fingerprint density at radius 1 is 1.50 bits per heavy atom. The molecule has 0 saturated heterocycles. The van der Waals surface area contributed by atoms with Gasteiger partial charge in [-0.3, -0.25) is 4.79 Å². The van der Waals surface area contributed by atoms with Crippen LogP contribution in [-0.2, 0) is 4.79 Å². The molecule has 0 aromatic heterocycles. The number of carbonyl (C=O) groups is 1. The Bertz CT molecular complexity index is 284. The Hall–Kier alpha value is -0.590. The zero-order valence-corrected chi connectivity index (χ0v) is 11.5. The molecule has 0 fully saturated rings. The summed E-state index contributed by atoms with van der Waals surface area (Å²) in [7, 11) is 0. The van der Waals surface area contributed by atoms with E-state index < -0.39 is 0 Å². The van der Waals surface area contributed by atoms with Crippen LogP contribution in [0.2, 0.25) is 0 Å². The third-order valence-electron chi connectivity index (χ3n) is 3.76. The standard InChI is InChI=1S/C15H26O/c1-11(2)8-14(16)10-13-9-12(3)6-7-15(13,4)5/h6,11,13H,7-10H2,1-5H3. The smallest absolute Gasteiger partial charge is 0.133 e. The van der Waals surface area contributed by atoms with Gasteiger partial charge in [-0.1, -0.05) is 39.3 Å². The molecule has 0 aliphatic heterocycles. The lowest BCUT2D eigenvalue weighted by Crippen LogP contribution is -2.29. The monoisotopic (exact) mass is 222 g/mol. The highest BCUT2D eigenvalue weighted by Crippen LogP contribution is 2.42. The van der Waals surface area contributed by atoms with Crippen LogP contribution in [0.25, 0.3) is 0 Å². The number of hydrogen-bond donors (Lipinski definition) is 0. The van der Waals surface area contributed by atoms with Gasteiger partial charge in [-0.15, -0.1) is 0 Å². The minimum atomic E-state index is 0.298. The summed E-state index contributed by atoms with van der Waals surface area (Å²) in [5.41, 5.74) is 1.76. The maximum absolute atomic E-state index is 11.9. The van der Waals surface area contributed by atoms with Crippen molar-refractivity contribution in [1.29, 1.82) is 0 Å². The molecule has 0 bridgehead atoms. The minimum absolute atomic E-state index is 0.298. The molecule has 0 amide bonds. The van der Waals surface area contributed by atoms with Gasteiger partial charge in [-0.2, -0.15) is 0 Å². The molecule has 1 nitrogen and oxygen atoms in total. The van der Waals surface area contributed by atoms with Crippen LogP contribution >= 0.6 is 0 Å². The van der Waals surface area contributed by atoms with Crippen molar-refractivity contribution in [3.8, 4) is 0 Å². The Labute approximate surface area is 100 Å². The zero-order valence-electron chi connectivity index (χ0n) is 11.5. The molecule has 0 aromatic carbocycles. The van der Waals surface area contributed by atoms with Gasteiger partial charge in [-0.25, -0.2) is 0 Å². The summed E-state index contributed by atoms with van der Waals surface area (Å²) >= 11 is 0. The van der Waals surface area contributed by atoms with Crippen LogP contribution in [0.3, 0.4) is 0 Å². The van der Waals surface area contributed by atoms with E-state index in [0.29, 0.717) is 23.0 Å². The molecule has 1 heteroatoms. The Morgan fingerprint density at radius 3 is 2.69 bits per heavy atom. The molecule has 1 rings (SSSR count). The summed E-state index contributed by atoms with van der Waals surface area (Å²) in [6.07, 6.45) is 6.09. The van der Waals surface area contributed by atoms with Gasteiger partial charge in [0.15, 0.2) is 0 Å². The van der Waals surface area contributed by atoms with Crippen LogP contribution in [0.5, 0.6) is 0 Å². The Balaban J connectivity index is 2.59. The number of ketones is 1. The number of hydrogen-bond acceptors (Lipinski definition) is 1. The second-order valence-corrected chi connectivity index (χ2v) is 6.49. The van der Waals surface area contributed by atoms with Crippen molar-refractivity contribution in [2.24, 2.45) is 17.3 Å². The van der Waals surface area contributed by atoms with Gasteiger partial charge in [0, 0.05) is 12.8 Å². The second kappa shape index (κ2) is 5.16. The first-order valence-corrected chi connectivity index (χ1v) is 6.48. The van der Waals surface area contributed by atoms with E-state index in [1.54, 1.807) is 0 Å². The SMILES string of the molecule is CC1=CCC(C)(C)C(CC(=O)CC(C)C)C1. The van der Waals surface area contributed by atoms with Crippen LogP contribution in [0.15, 0.2) is 11.6 Å². The third-order valence-corrected chi connectivity index (χ3v) is 3.76. The fourth-order valence-electron chi connectivity index (χ4n) is 2.51. The van der Waals surface area contributed by atoms with E-state index in [2.05, 4.69) is 40.7 Å². The maximum atomic E-state index is 11.9. The molecule has 1 unspecified atom stereocenters. The van der Waals surface area contributed by atoms with E-state index in [1.165, 1.54) is 5.57 Å². The molecule has 0 saturated carbocycles. The first kappa shape index (κ1) is 13.5. The van der Waals surface area contributed by atoms with Crippen LogP contribution in [0.1, 0.15) is 60.3 Å². The number of carbonyl (C=O) groups excluding carboxylic acids is 1. The summed E-state index contributed by atoms with van der Waals surface area (Å²) in [5, 5.41) is 0. The number of rotatable bonds is 4. The van der Waals surface area contributed by atoms with Gasteiger partial charge in [0.25, 0.3) is 0 Å². The lowest BCUT2D eigenvalue weighted by Gasteiger charge is -2.37. The highest BCUT2D eigenvalue weighted by atomic mass is 16.1. The Morgan fingerprint density at radius 2 is 2.12 bits per heavy atom. The molecule has 0 radical (unpaired) electrons. The minimum Gasteiger partial charge on any atom is -0.300 e. The molecule has 0 N–H and O–H groups in total. The average molecular weight is 222 g/mol. The molecule has 0 aromatic rings. The lowest BCUT2D eigenvalue weighted by molar-refractivity contribution is -0.121. The molecule has 0 heterocycles.